The quantitative estimate of drug-likeness (QED) is 0.442. The number of hydrogen-bond donors (Lipinski definition) is 0. The van der Waals surface area contributed by atoms with Crippen LogP contribution in [0.25, 0.3) is 22.4 Å². The van der Waals surface area contributed by atoms with Crippen LogP contribution in [0.5, 0.6) is 0 Å². The average molecular weight is 439 g/mol. The van der Waals surface area contributed by atoms with Crippen LogP contribution >= 0.6 is 0 Å². The van der Waals surface area contributed by atoms with Crippen LogP contribution in [0.15, 0.2) is 59.3 Å². The lowest BCUT2D eigenvalue weighted by Gasteiger charge is -2.32. The fourth-order valence-corrected chi connectivity index (χ4v) is 4.22. The number of halogens is 3. The van der Waals surface area contributed by atoms with Gasteiger partial charge in [0.2, 0.25) is 5.82 Å². The largest absolute Gasteiger partial charge is 0.471 e. The van der Waals surface area contributed by atoms with E-state index in [0.29, 0.717) is 0 Å². The van der Waals surface area contributed by atoms with E-state index in [4.69, 9.17) is 0 Å². The summed E-state index contributed by atoms with van der Waals surface area (Å²) in [5.41, 5.74) is 3.31. The van der Waals surface area contributed by atoms with Gasteiger partial charge in [0.15, 0.2) is 0 Å². The first-order chi connectivity index (χ1) is 15.5. The van der Waals surface area contributed by atoms with Crippen molar-refractivity contribution < 1.29 is 17.7 Å². The Morgan fingerprint density at radius 3 is 2.75 bits per heavy atom. The van der Waals surface area contributed by atoms with Crippen LogP contribution in [0.2, 0.25) is 0 Å². The molecule has 1 fully saturated rings. The molecule has 6 nitrogen and oxygen atoms in total. The number of para-hydroxylation sites is 1. The summed E-state index contributed by atoms with van der Waals surface area (Å²) in [4.78, 5) is 14.8. The van der Waals surface area contributed by atoms with E-state index in [0.717, 1.165) is 49.1 Å². The molecule has 0 aliphatic carbocycles. The summed E-state index contributed by atoms with van der Waals surface area (Å²) >= 11 is 0. The molecule has 0 unspecified atom stereocenters. The molecule has 4 aromatic rings. The zero-order valence-corrected chi connectivity index (χ0v) is 17.1. The number of benzene rings is 1. The first-order valence-electron chi connectivity index (χ1n) is 10.4. The summed E-state index contributed by atoms with van der Waals surface area (Å²) in [5.74, 6) is -1.35. The Kier molecular flexibility index (Phi) is 5.34. The molecule has 1 saturated heterocycles. The fraction of sp³-hybridized carbons (Fsp3) is 0.304. The van der Waals surface area contributed by atoms with Gasteiger partial charge in [-0.1, -0.05) is 29.4 Å². The number of hydrogen-bond acceptors (Lipinski definition) is 6. The lowest BCUT2D eigenvalue weighted by molar-refractivity contribution is -0.159. The average Bonchev–Trinajstić information content (AvgIpc) is 3.31. The van der Waals surface area contributed by atoms with Crippen molar-refractivity contribution >= 4 is 10.9 Å². The topological polar surface area (TPSA) is 67.9 Å². The van der Waals surface area contributed by atoms with Crippen LogP contribution in [0.1, 0.15) is 35.9 Å². The number of aromatic nitrogens is 4. The number of nitrogens with zero attached hydrogens (tertiary/aromatic N) is 5. The van der Waals surface area contributed by atoms with Gasteiger partial charge in [0.25, 0.3) is 0 Å². The van der Waals surface area contributed by atoms with Gasteiger partial charge in [0.05, 0.1) is 5.52 Å². The molecule has 0 bridgehead atoms. The molecule has 0 amide bonds. The van der Waals surface area contributed by atoms with E-state index in [1.807, 2.05) is 30.5 Å². The minimum atomic E-state index is -4.68. The number of rotatable bonds is 4. The van der Waals surface area contributed by atoms with E-state index in [9.17, 15) is 13.2 Å². The summed E-state index contributed by atoms with van der Waals surface area (Å²) in [6, 6.07) is 15.4. The Balaban J connectivity index is 1.34. The van der Waals surface area contributed by atoms with Crippen LogP contribution in [0.4, 0.5) is 13.2 Å². The highest BCUT2D eigenvalue weighted by Gasteiger charge is 2.38. The molecule has 0 spiro atoms. The zero-order chi connectivity index (χ0) is 22.1. The van der Waals surface area contributed by atoms with Crippen LogP contribution in [0, 0.1) is 0 Å². The molecule has 5 rings (SSSR count). The van der Waals surface area contributed by atoms with E-state index in [-0.39, 0.29) is 17.4 Å². The van der Waals surface area contributed by atoms with Gasteiger partial charge in [-0.05, 0) is 49.2 Å². The maximum Gasteiger partial charge on any atom is 0.471 e. The van der Waals surface area contributed by atoms with E-state index >= 15 is 0 Å². The van der Waals surface area contributed by atoms with Gasteiger partial charge in [-0.25, -0.2) is 4.98 Å². The predicted molar refractivity (Wildman–Crippen MR) is 112 cm³/mol. The van der Waals surface area contributed by atoms with Gasteiger partial charge in [0.1, 0.15) is 5.69 Å². The summed E-state index contributed by atoms with van der Waals surface area (Å²) < 4.78 is 42.7. The number of likely N-dealkylation sites (tertiary alicyclic amines) is 1. The molecule has 3 aromatic heterocycles. The lowest BCUT2D eigenvalue weighted by atomic mass is 9.93. The number of pyridine rings is 2. The van der Waals surface area contributed by atoms with Crippen molar-refractivity contribution in [3.8, 4) is 11.5 Å². The Morgan fingerprint density at radius 1 is 1.03 bits per heavy atom. The molecule has 1 aliphatic heterocycles. The maximum absolute atomic E-state index is 12.8. The van der Waals surface area contributed by atoms with Crippen molar-refractivity contribution in [2.75, 3.05) is 13.1 Å². The van der Waals surface area contributed by atoms with Crippen molar-refractivity contribution in [3.05, 3.63) is 71.9 Å². The summed E-state index contributed by atoms with van der Waals surface area (Å²) in [6.07, 6.45) is -0.863. The van der Waals surface area contributed by atoms with Crippen LogP contribution < -0.4 is 0 Å². The van der Waals surface area contributed by atoms with Crippen molar-refractivity contribution in [1.29, 1.82) is 0 Å². The highest BCUT2D eigenvalue weighted by molar-refractivity contribution is 5.81. The molecule has 1 aromatic carbocycles. The molecule has 32 heavy (non-hydrogen) atoms. The highest BCUT2D eigenvalue weighted by Crippen LogP contribution is 2.31. The monoisotopic (exact) mass is 439 g/mol. The van der Waals surface area contributed by atoms with Gasteiger partial charge >= 0.3 is 12.1 Å². The SMILES string of the molecule is FC(F)(F)c1nc(-c2cccc([C@@H]3CCCN(Cc4ccnc5ccccc45)C3)n2)no1. The first kappa shape index (κ1) is 20.6. The molecule has 0 saturated carbocycles. The molecular weight excluding hydrogens is 419 g/mol. The smallest absolute Gasteiger partial charge is 0.329 e. The molecule has 0 N–H and O–H groups in total. The fourth-order valence-electron chi connectivity index (χ4n) is 4.22. The van der Waals surface area contributed by atoms with E-state index in [1.54, 1.807) is 12.1 Å². The van der Waals surface area contributed by atoms with Crippen molar-refractivity contribution in [2.45, 2.75) is 31.5 Å². The highest BCUT2D eigenvalue weighted by atomic mass is 19.4. The van der Waals surface area contributed by atoms with Crippen LogP contribution in [-0.2, 0) is 12.7 Å². The molecular formula is C23H20F3N5O. The van der Waals surface area contributed by atoms with E-state index in [2.05, 4.69) is 41.7 Å². The Bertz CT molecular complexity index is 1230. The minimum Gasteiger partial charge on any atom is -0.329 e. The van der Waals surface area contributed by atoms with Gasteiger partial charge in [-0.15, -0.1) is 0 Å². The lowest BCUT2D eigenvalue weighted by Crippen LogP contribution is -2.34. The molecule has 1 atom stereocenters. The van der Waals surface area contributed by atoms with Crippen LogP contribution in [-0.4, -0.2) is 38.1 Å². The van der Waals surface area contributed by atoms with Gasteiger partial charge in [-0.3, -0.25) is 9.88 Å². The number of alkyl halides is 3. The number of piperidine rings is 1. The molecule has 164 valence electrons. The van der Waals surface area contributed by atoms with Crippen molar-refractivity contribution in [1.82, 2.24) is 25.0 Å². The predicted octanol–water partition coefficient (Wildman–Crippen LogP) is 5.08. The maximum atomic E-state index is 12.8. The van der Waals surface area contributed by atoms with Gasteiger partial charge in [0, 0.05) is 36.3 Å². The zero-order valence-electron chi connectivity index (χ0n) is 17.1. The third-order valence-electron chi connectivity index (χ3n) is 5.73. The summed E-state index contributed by atoms with van der Waals surface area (Å²) in [5, 5.41) is 4.60. The van der Waals surface area contributed by atoms with E-state index in [1.165, 1.54) is 5.56 Å². The van der Waals surface area contributed by atoms with Gasteiger partial charge < -0.3 is 4.52 Å². The normalized spacial score (nSPS) is 17.7. The number of fused-ring (bicyclic) bond motifs is 1. The molecule has 0 radical (unpaired) electrons. The third kappa shape index (κ3) is 4.20. The van der Waals surface area contributed by atoms with E-state index < -0.39 is 12.1 Å². The first-order valence-corrected chi connectivity index (χ1v) is 10.4. The second-order valence-corrected chi connectivity index (χ2v) is 7.93. The molecule has 4 heterocycles. The Morgan fingerprint density at radius 2 is 1.91 bits per heavy atom. The Hall–Kier alpha value is -3.33. The molecule has 1 aliphatic rings. The Labute approximate surface area is 182 Å². The van der Waals surface area contributed by atoms with Crippen LogP contribution in [0.3, 0.4) is 0 Å². The van der Waals surface area contributed by atoms with Gasteiger partial charge in [-0.2, -0.15) is 18.2 Å². The van der Waals surface area contributed by atoms with Crippen molar-refractivity contribution in [2.24, 2.45) is 0 Å². The second-order valence-electron chi connectivity index (χ2n) is 7.93. The second kappa shape index (κ2) is 8.31. The summed E-state index contributed by atoms with van der Waals surface area (Å²) in [6.45, 7) is 2.60. The molecule has 9 heteroatoms. The standard InChI is InChI=1S/C23H20F3N5O/c24-23(25,26)22-29-21(30-32-22)20-9-3-8-18(28-20)16-5-4-12-31(14-16)13-15-10-11-27-19-7-2-1-6-17(15)19/h1-3,6-11,16H,4-5,12-14H2/t16-/m1/s1. The third-order valence-corrected chi connectivity index (χ3v) is 5.73. The summed E-state index contributed by atoms with van der Waals surface area (Å²) in [7, 11) is 0. The minimum absolute atomic E-state index is 0.157. The van der Waals surface area contributed by atoms with Crippen molar-refractivity contribution in [3.63, 3.8) is 0 Å².